The van der Waals surface area contributed by atoms with Crippen molar-refractivity contribution in [1.82, 2.24) is 0 Å². The summed E-state index contributed by atoms with van der Waals surface area (Å²) in [5, 5.41) is 27.6. The third-order valence-corrected chi connectivity index (χ3v) is 5.09. The Morgan fingerprint density at radius 2 is 1.71 bits per heavy atom. The Balaban J connectivity index is 1.97. The van der Waals surface area contributed by atoms with E-state index in [1.54, 1.807) is 6.07 Å². The first-order valence-electron chi connectivity index (χ1n) is 10.8. The van der Waals surface area contributed by atoms with Crippen molar-refractivity contribution in [3.63, 3.8) is 0 Å². The molecule has 6 nitrogen and oxygen atoms in total. The van der Waals surface area contributed by atoms with Gasteiger partial charge in [0.2, 0.25) is 0 Å². The van der Waals surface area contributed by atoms with Crippen LogP contribution in [0.5, 0.6) is 17.2 Å². The van der Waals surface area contributed by atoms with Crippen molar-refractivity contribution in [2.75, 3.05) is 13.2 Å². The number of aromatic hydroxyl groups is 1. The van der Waals surface area contributed by atoms with E-state index in [2.05, 4.69) is 0 Å². The van der Waals surface area contributed by atoms with Crippen molar-refractivity contribution in [2.45, 2.75) is 59.8 Å². The highest BCUT2D eigenvalue weighted by atomic mass is 16.5. The van der Waals surface area contributed by atoms with E-state index in [1.807, 2.05) is 45.9 Å². The maximum Gasteiger partial charge on any atom is 0.307 e. The second-order valence-corrected chi connectivity index (χ2v) is 7.70. The number of hydrogen-bond donors (Lipinski definition) is 3. The van der Waals surface area contributed by atoms with Crippen LogP contribution < -0.4 is 9.47 Å². The minimum Gasteiger partial charge on any atom is -0.507 e. The first kappa shape index (κ1) is 24.3. The lowest BCUT2D eigenvalue weighted by atomic mass is 9.99. The van der Waals surface area contributed by atoms with Gasteiger partial charge < -0.3 is 25.1 Å². The Morgan fingerprint density at radius 1 is 1.06 bits per heavy atom. The normalized spacial score (nSPS) is 10.7. The van der Waals surface area contributed by atoms with E-state index < -0.39 is 5.97 Å². The number of phenols is 1. The largest absolute Gasteiger partial charge is 0.507 e. The monoisotopic (exact) mass is 427 g/mol. The lowest BCUT2D eigenvalue weighted by Gasteiger charge is -2.16. The van der Waals surface area contributed by atoms with Gasteiger partial charge in [-0.2, -0.15) is 0 Å². The van der Waals surface area contributed by atoms with Crippen LogP contribution in [0.4, 0.5) is 0 Å². The smallest absolute Gasteiger partial charge is 0.307 e. The molecule has 2 aromatic carbocycles. The average molecular weight is 428 g/mol. The minimum atomic E-state index is -0.849. The van der Waals surface area contributed by atoms with E-state index >= 15 is 0 Å². The van der Waals surface area contributed by atoms with Crippen LogP contribution in [0.15, 0.2) is 24.3 Å². The van der Waals surface area contributed by atoms with Crippen LogP contribution in [-0.4, -0.2) is 35.1 Å². The topological polar surface area (TPSA) is 99.8 Å². The zero-order chi connectivity index (χ0) is 23.0. The second-order valence-electron chi connectivity index (χ2n) is 7.70. The molecule has 0 spiro atoms. The van der Waals surface area contributed by atoms with Crippen molar-refractivity contribution in [1.29, 1.82) is 5.41 Å². The van der Waals surface area contributed by atoms with E-state index in [0.717, 1.165) is 34.4 Å². The highest BCUT2D eigenvalue weighted by molar-refractivity contribution is 6.01. The summed E-state index contributed by atoms with van der Waals surface area (Å²) in [7, 11) is 0. The molecule has 0 atom stereocenters. The Labute approximate surface area is 184 Å². The lowest BCUT2D eigenvalue weighted by molar-refractivity contribution is -0.136. The number of ether oxygens (including phenoxy) is 2. The molecule has 0 amide bonds. The summed E-state index contributed by atoms with van der Waals surface area (Å²) < 4.78 is 11.9. The van der Waals surface area contributed by atoms with Gasteiger partial charge in [-0.15, -0.1) is 0 Å². The molecule has 6 heteroatoms. The molecule has 3 N–H and O–H groups in total. The number of rotatable bonds is 12. The summed E-state index contributed by atoms with van der Waals surface area (Å²) in [4.78, 5) is 10.9. The average Bonchev–Trinajstić information content (AvgIpc) is 2.70. The summed E-state index contributed by atoms with van der Waals surface area (Å²) in [6.45, 7) is 8.68. The van der Waals surface area contributed by atoms with Crippen molar-refractivity contribution in [3.8, 4) is 17.2 Å². The molecule has 0 aromatic heterocycles. The molecule has 0 unspecified atom stereocenters. The maximum atomic E-state index is 10.9. The number of nitrogens with one attached hydrogen (secondary N) is 1. The van der Waals surface area contributed by atoms with Crippen molar-refractivity contribution in [2.24, 2.45) is 0 Å². The lowest BCUT2D eigenvalue weighted by Crippen LogP contribution is -2.09. The fraction of sp³-hybridized carbons (Fsp3) is 0.440. The number of phenolic OH excluding ortho intramolecular Hbond substituents is 1. The number of aliphatic carboxylic acids is 1. The van der Waals surface area contributed by atoms with Crippen molar-refractivity contribution < 1.29 is 24.5 Å². The second kappa shape index (κ2) is 11.4. The molecule has 0 aliphatic heterocycles. The first-order valence-corrected chi connectivity index (χ1v) is 10.8. The molecule has 0 fully saturated rings. The molecule has 31 heavy (non-hydrogen) atoms. The Hall–Kier alpha value is -3.02. The molecule has 0 aliphatic rings. The SMILES string of the molecule is CCCc1c(OCCCOc2c(C)cc(CC(=O)O)cc2C)ccc(C(=N)CC)c1O. The van der Waals surface area contributed by atoms with Gasteiger partial charge in [0.1, 0.15) is 17.2 Å². The highest BCUT2D eigenvalue weighted by Crippen LogP contribution is 2.33. The summed E-state index contributed by atoms with van der Waals surface area (Å²) in [5.74, 6) is 0.728. The molecule has 0 heterocycles. The van der Waals surface area contributed by atoms with Gasteiger partial charge in [-0.05, 0) is 55.5 Å². The molecule has 2 rings (SSSR count). The van der Waals surface area contributed by atoms with E-state index in [1.165, 1.54) is 0 Å². The van der Waals surface area contributed by atoms with Gasteiger partial charge in [-0.25, -0.2) is 0 Å². The van der Waals surface area contributed by atoms with Crippen LogP contribution in [0.2, 0.25) is 0 Å². The third-order valence-electron chi connectivity index (χ3n) is 5.09. The molecule has 0 bridgehead atoms. The van der Waals surface area contributed by atoms with Crippen molar-refractivity contribution in [3.05, 3.63) is 52.1 Å². The number of carbonyl (C=O) groups is 1. The molecule has 0 aliphatic carbocycles. The van der Waals surface area contributed by atoms with Crippen LogP contribution in [0, 0.1) is 19.3 Å². The Morgan fingerprint density at radius 3 is 2.29 bits per heavy atom. The number of aryl methyl sites for hydroxylation is 2. The van der Waals surface area contributed by atoms with Crippen LogP contribution in [0.3, 0.4) is 0 Å². The van der Waals surface area contributed by atoms with Gasteiger partial charge in [0.05, 0.1) is 19.6 Å². The fourth-order valence-corrected chi connectivity index (χ4v) is 3.64. The van der Waals surface area contributed by atoms with Gasteiger partial charge in [0, 0.05) is 23.3 Å². The number of benzene rings is 2. The zero-order valence-corrected chi connectivity index (χ0v) is 18.9. The van der Waals surface area contributed by atoms with Crippen LogP contribution >= 0.6 is 0 Å². The van der Waals surface area contributed by atoms with E-state index in [9.17, 15) is 9.90 Å². The maximum absolute atomic E-state index is 10.9. The van der Waals surface area contributed by atoms with Gasteiger partial charge in [0.15, 0.2) is 0 Å². The van der Waals surface area contributed by atoms with E-state index in [-0.39, 0.29) is 12.2 Å². The van der Waals surface area contributed by atoms with E-state index in [0.29, 0.717) is 49.5 Å². The van der Waals surface area contributed by atoms with E-state index in [4.69, 9.17) is 20.0 Å². The quantitative estimate of drug-likeness (QED) is 0.319. The minimum absolute atomic E-state index is 0.000737. The third kappa shape index (κ3) is 6.48. The molecule has 0 saturated carbocycles. The molecule has 168 valence electrons. The van der Waals surface area contributed by atoms with Gasteiger partial charge >= 0.3 is 5.97 Å². The van der Waals surface area contributed by atoms with Crippen LogP contribution in [0.25, 0.3) is 0 Å². The van der Waals surface area contributed by atoms with Gasteiger partial charge in [-0.1, -0.05) is 32.4 Å². The number of hydrogen-bond acceptors (Lipinski definition) is 5. The zero-order valence-electron chi connectivity index (χ0n) is 18.9. The van der Waals surface area contributed by atoms with Gasteiger partial charge in [-0.3, -0.25) is 4.79 Å². The molecular formula is C25H33NO5. The van der Waals surface area contributed by atoms with Crippen molar-refractivity contribution >= 4 is 11.7 Å². The summed E-state index contributed by atoms with van der Waals surface area (Å²) >= 11 is 0. The van der Waals surface area contributed by atoms with Crippen LogP contribution in [0.1, 0.15) is 60.9 Å². The fourth-order valence-electron chi connectivity index (χ4n) is 3.64. The predicted molar refractivity (Wildman–Crippen MR) is 122 cm³/mol. The number of carboxylic acid groups (broad SMARTS) is 1. The molecular weight excluding hydrogens is 394 g/mol. The standard InChI is InChI=1S/C25H33NO5/c1-5-8-20-22(10-9-19(24(20)29)21(26)6-2)30-11-7-12-31-25-16(3)13-18(14-17(25)4)15-23(27)28/h9-10,13-14,26,29H,5-8,11-12,15H2,1-4H3,(H,27,28). The first-order chi connectivity index (χ1) is 14.8. The Bertz CT molecular complexity index is 913. The van der Waals surface area contributed by atoms with Crippen LogP contribution in [-0.2, 0) is 17.6 Å². The van der Waals surface area contributed by atoms with Gasteiger partial charge in [0.25, 0.3) is 0 Å². The summed E-state index contributed by atoms with van der Waals surface area (Å²) in [6, 6.07) is 7.28. The molecule has 0 saturated heterocycles. The Kier molecular flexibility index (Phi) is 8.91. The molecule has 2 aromatic rings. The number of carboxylic acids is 1. The summed E-state index contributed by atoms with van der Waals surface area (Å²) in [5.41, 5.74) is 4.33. The predicted octanol–water partition coefficient (Wildman–Crippen LogP) is 5.21. The summed E-state index contributed by atoms with van der Waals surface area (Å²) in [6.07, 6.45) is 2.77. The highest BCUT2D eigenvalue weighted by Gasteiger charge is 2.15. The molecule has 0 radical (unpaired) electrons.